The first-order valence-corrected chi connectivity index (χ1v) is 23.1. The summed E-state index contributed by atoms with van der Waals surface area (Å²) in [5.41, 5.74) is -0.470. The summed E-state index contributed by atoms with van der Waals surface area (Å²) in [7, 11) is 0. The lowest BCUT2D eigenvalue weighted by Gasteiger charge is -2.34. The van der Waals surface area contributed by atoms with Crippen LogP contribution in [-0.4, -0.2) is 100 Å². The van der Waals surface area contributed by atoms with Gasteiger partial charge in [-0.25, -0.2) is 19.2 Å². The number of guanidine groups is 1. The number of halogens is 1. The van der Waals surface area contributed by atoms with Crippen molar-refractivity contribution in [2.75, 3.05) is 31.5 Å². The lowest BCUT2D eigenvalue weighted by Crippen LogP contribution is -2.43. The summed E-state index contributed by atoms with van der Waals surface area (Å²) in [5.74, 6) is -1.66. The molecule has 0 radical (unpaired) electrons. The van der Waals surface area contributed by atoms with Crippen molar-refractivity contribution in [3.8, 4) is 5.75 Å². The van der Waals surface area contributed by atoms with E-state index in [0.717, 1.165) is 5.56 Å². The molecule has 3 aromatic rings. The number of alkyl carbamates (subject to hydrolysis) is 1. The molecule has 4 rings (SSSR count). The number of nitrogens with zero attached hydrogens (tertiary/aromatic N) is 3. The summed E-state index contributed by atoms with van der Waals surface area (Å²) in [6.07, 6.45) is -0.0382. The van der Waals surface area contributed by atoms with Gasteiger partial charge in [-0.2, -0.15) is 0 Å². The zero-order valence-electron chi connectivity index (χ0n) is 41.5. The molecule has 370 valence electrons. The minimum absolute atomic E-state index is 0.121. The number of carbonyl (C=O) groups excluding carboxylic acids is 6. The summed E-state index contributed by atoms with van der Waals surface area (Å²) in [4.78, 5) is 85.7. The zero-order valence-corrected chi connectivity index (χ0v) is 42.3. The van der Waals surface area contributed by atoms with Crippen LogP contribution in [0, 0.1) is 5.92 Å². The van der Waals surface area contributed by atoms with E-state index in [-0.39, 0.29) is 48.0 Å². The van der Waals surface area contributed by atoms with Crippen LogP contribution in [0.3, 0.4) is 0 Å². The molecule has 3 amide bonds. The standard InChI is InChI=1S/C51H68ClN5O11/c1-48(2,3)65-43(60)36-24-26-56(27-25-36)28-29-57(32-33-14-13-15-37(30-33)44(61)66-49(4,5)6)41(58)23-19-34-18-22-39(31-40(34)52)64-42(59)35-16-20-38(21-17-35)53-45(54-46(62)67-50(7,8)9)55-47(63)68-51(10,11)12/h13-18,20-22,30-31,36H,19,23-29,32H2,1-12H3,(H2,53,54,55,62,63). The number of nitrogens with one attached hydrogen (secondary N) is 2. The number of likely N-dealkylation sites (tertiary alicyclic amines) is 1. The number of aryl methyl sites for hydroxylation is 1. The molecule has 0 atom stereocenters. The number of rotatable bonds is 13. The second kappa shape index (κ2) is 23.3. The summed E-state index contributed by atoms with van der Waals surface area (Å²) >= 11 is 6.70. The molecule has 1 saturated heterocycles. The molecule has 2 N–H and O–H groups in total. The highest BCUT2D eigenvalue weighted by molar-refractivity contribution is 6.31. The maximum atomic E-state index is 14.0. The van der Waals surface area contributed by atoms with Crippen LogP contribution >= 0.6 is 11.6 Å². The molecule has 0 spiro atoms. The summed E-state index contributed by atoms with van der Waals surface area (Å²) in [6, 6.07) is 17.9. The van der Waals surface area contributed by atoms with Crippen LogP contribution in [0.1, 0.15) is 134 Å². The first-order chi connectivity index (χ1) is 31.5. The van der Waals surface area contributed by atoms with Gasteiger partial charge in [-0.3, -0.25) is 14.9 Å². The summed E-state index contributed by atoms with van der Waals surface area (Å²) < 4.78 is 27.4. The Bertz CT molecular complexity index is 2300. The second-order valence-corrected chi connectivity index (χ2v) is 21.0. The molecular formula is C51H68ClN5O11. The number of benzene rings is 3. The SMILES string of the molecule is CC(C)(C)OC(=O)/N=C(/NC(=O)OC(C)(C)C)Nc1ccc(C(=O)Oc2ccc(CCC(=O)N(CCN3CCC(C(=O)OC(C)(C)C)CC3)Cc3cccc(C(=O)OC(C)(C)C)c3)c(Cl)c2)cc1. The van der Waals surface area contributed by atoms with Gasteiger partial charge in [0.15, 0.2) is 0 Å². The molecule has 1 aliphatic heterocycles. The normalized spacial score (nSPS) is 14.0. The highest BCUT2D eigenvalue weighted by Gasteiger charge is 2.30. The smallest absolute Gasteiger partial charge is 0.437 e. The number of amides is 3. The van der Waals surface area contributed by atoms with Crippen LogP contribution in [-0.2, 0) is 41.5 Å². The summed E-state index contributed by atoms with van der Waals surface area (Å²) in [6.45, 7) is 23.7. The predicted octanol–water partition coefficient (Wildman–Crippen LogP) is 9.76. The van der Waals surface area contributed by atoms with Gasteiger partial charge >= 0.3 is 30.1 Å². The van der Waals surface area contributed by atoms with Crippen LogP contribution in [0.15, 0.2) is 71.7 Å². The van der Waals surface area contributed by atoms with Gasteiger partial charge in [0.25, 0.3) is 0 Å². The van der Waals surface area contributed by atoms with E-state index in [2.05, 4.69) is 20.5 Å². The largest absolute Gasteiger partial charge is 0.460 e. The zero-order chi connectivity index (χ0) is 50.6. The van der Waals surface area contributed by atoms with Crippen molar-refractivity contribution in [2.45, 2.75) is 138 Å². The fourth-order valence-electron chi connectivity index (χ4n) is 6.74. The third-order valence-corrected chi connectivity index (χ3v) is 10.1. The Labute approximate surface area is 405 Å². The van der Waals surface area contributed by atoms with Gasteiger partial charge in [-0.05, 0) is 175 Å². The molecule has 0 saturated carbocycles. The van der Waals surface area contributed by atoms with Crippen LogP contribution in [0.5, 0.6) is 5.75 Å². The quantitative estimate of drug-likeness (QED) is 0.0542. The lowest BCUT2D eigenvalue weighted by atomic mass is 9.96. The Balaban J connectivity index is 1.41. The first-order valence-electron chi connectivity index (χ1n) is 22.8. The van der Waals surface area contributed by atoms with E-state index in [1.165, 1.54) is 30.3 Å². The fourth-order valence-corrected chi connectivity index (χ4v) is 7.00. The van der Waals surface area contributed by atoms with Crippen molar-refractivity contribution in [1.82, 2.24) is 15.1 Å². The highest BCUT2D eigenvalue weighted by atomic mass is 35.5. The van der Waals surface area contributed by atoms with Crippen LogP contribution in [0.4, 0.5) is 15.3 Å². The Morgan fingerprint density at radius 2 is 1.34 bits per heavy atom. The molecule has 3 aromatic carbocycles. The van der Waals surface area contributed by atoms with Gasteiger partial charge in [0, 0.05) is 36.8 Å². The second-order valence-electron chi connectivity index (χ2n) is 20.6. The van der Waals surface area contributed by atoms with E-state index in [1.54, 1.807) is 97.5 Å². The molecule has 16 nitrogen and oxygen atoms in total. The molecule has 1 aliphatic rings. The number of anilines is 1. The number of aliphatic imine (C=N–C) groups is 1. The van der Waals surface area contributed by atoms with E-state index in [0.29, 0.717) is 67.3 Å². The van der Waals surface area contributed by atoms with Gasteiger partial charge in [-0.15, -0.1) is 4.99 Å². The van der Waals surface area contributed by atoms with Crippen molar-refractivity contribution < 1.29 is 52.5 Å². The molecular weight excluding hydrogens is 894 g/mol. The topological polar surface area (TPSA) is 191 Å². The number of hydrogen-bond acceptors (Lipinski definition) is 12. The Hall–Kier alpha value is -6.00. The van der Waals surface area contributed by atoms with E-state index in [1.807, 2.05) is 26.8 Å². The average Bonchev–Trinajstić information content (AvgIpc) is 3.19. The molecule has 0 unspecified atom stereocenters. The number of ether oxygens (including phenoxy) is 5. The highest BCUT2D eigenvalue weighted by Crippen LogP contribution is 2.26. The minimum atomic E-state index is -0.949. The molecule has 17 heteroatoms. The number of esters is 3. The van der Waals surface area contributed by atoms with Crippen LogP contribution in [0.2, 0.25) is 5.02 Å². The van der Waals surface area contributed by atoms with E-state index in [9.17, 15) is 28.8 Å². The minimum Gasteiger partial charge on any atom is -0.460 e. The molecule has 0 bridgehead atoms. The maximum Gasteiger partial charge on any atom is 0.437 e. The van der Waals surface area contributed by atoms with Gasteiger partial charge in [-0.1, -0.05) is 29.8 Å². The number of carbonyl (C=O) groups is 6. The van der Waals surface area contributed by atoms with E-state index >= 15 is 0 Å². The maximum absolute atomic E-state index is 14.0. The molecule has 1 heterocycles. The van der Waals surface area contributed by atoms with Crippen LogP contribution < -0.4 is 15.4 Å². The first kappa shape index (κ1) is 54.6. The Kier molecular flexibility index (Phi) is 18.7. The van der Waals surface area contributed by atoms with E-state index < -0.39 is 46.5 Å². The van der Waals surface area contributed by atoms with Crippen molar-refractivity contribution in [1.29, 1.82) is 0 Å². The molecule has 0 aromatic heterocycles. The lowest BCUT2D eigenvalue weighted by molar-refractivity contribution is -0.161. The fraction of sp³-hybridized carbons (Fsp3) is 0.510. The van der Waals surface area contributed by atoms with Crippen molar-refractivity contribution >= 4 is 59.2 Å². The average molecular weight is 963 g/mol. The van der Waals surface area contributed by atoms with Gasteiger partial charge in [0.1, 0.15) is 28.2 Å². The van der Waals surface area contributed by atoms with Crippen molar-refractivity contribution in [3.05, 3.63) is 94.0 Å². The van der Waals surface area contributed by atoms with E-state index in [4.69, 9.17) is 35.3 Å². The van der Waals surface area contributed by atoms with Gasteiger partial charge < -0.3 is 38.8 Å². The van der Waals surface area contributed by atoms with Crippen molar-refractivity contribution in [2.24, 2.45) is 10.9 Å². The molecule has 1 fully saturated rings. The number of hydrogen-bond donors (Lipinski definition) is 2. The third-order valence-electron chi connectivity index (χ3n) is 9.74. The van der Waals surface area contributed by atoms with Gasteiger partial charge in [0.2, 0.25) is 11.9 Å². The van der Waals surface area contributed by atoms with Crippen LogP contribution in [0.25, 0.3) is 0 Å². The predicted molar refractivity (Wildman–Crippen MR) is 260 cm³/mol. The molecule has 68 heavy (non-hydrogen) atoms. The Morgan fingerprint density at radius 3 is 1.93 bits per heavy atom. The van der Waals surface area contributed by atoms with Gasteiger partial charge in [0.05, 0.1) is 17.0 Å². The molecule has 0 aliphatic carbocycles. The Morgan fingerprint density at radius 1 is 0.721 bits per heavy atom. The van der Waals surface area contributed by atoms with Crippen molar-refractivity contribution in [3.63, 3.8) is 0 Å². The number of piperidine rings is 1. The summed E-state index contributed by atoms with van der Waals surface area (Å²) in [5, 5.41) is 5.55. The third kappa shape index (κ3) is 19.7. The monoisotopic (exact) mass is 961 g/mol.